The van der Waals surface area contributed by atoms with Crippen LogP contribution in [0.3, 0.4) is 0 Å². The van der Waals surface area contributed by atoms with E-state index >= 15 is 0 Å². The highest BCUT2D eigenvalue weighted by atomic mass is 32.2. The molecule has 0 saturated carbocycles. The number of rotatable bonds is 5. The number of hydrogen-bond acceptors (Lipinski definition) is 4. The van der Waals surface area contributed by atoms with Gasteiger partial charge >= 0.3 is 6.18 Å². The van der Waals surface area contributed by atoms with E-state index in [0.29, 0.717) is 22.8 Å². The summed E-state index contributed by atoms with van der Waals surface area (Å²) in [5, 5.41) is 0. The van der Waals surface area contributed by atoms with Gasteiger partial charge in [0, 0.05) is 5.56 Å². The third-order valence-electron chi connectivity index (χ3n) is 3.75. The molecule has 2 aromatic carbocycles. The molecule has 0 aliphatic carbocycles. The van der Waals surface area contributed by atoms with Gasteiger partial charge in [-0.3, -0.25) is 0 Å². The van der Waals surface area contributed by atoms with Gasteiger partial charge < -0.3 is 13.7 Å². The van der Waals surface area contributed by atoms with Gasteiger partial charge in [0.05, 0.1) is 10.5 Å². The smallest absolute Gasteiger partial charge is 0.416 e. The molecule has 1 unspecified atom stereocenters. The number of aromatic nitrogens is 1. The van der Waals surface area contributed by atoms with E-state index < -0.39 is 22.8 Å². The highest BCUT2D eigenvalue weighted by Gasteiger charge is 2.30. The quantitative estimate of drug-likeness (QED) is 0.625. The average Bonchev–Trinajstić information content (AvgIpc) is 3.00. The van der Waals surface area contributed by atoms with Gasteiger partial charge in [-0.1, -0.05) is 0 Å². The Morgan fingerprint density at radius 1 is 1.11 bits per heavy atom. The highest BCUT2D eigenvalue weighted by molar-refractivity contribution is 7.79. The molecule has 0 radical (unpaired) electrons. The Morgan fingerprint density at radius 2 is 1.74 bits per heavy atom. The SMILES string of the molecule is Cc1oc(-c2ccc(C(F)(F)F)cc2)nc1COc1ccc(S(=O)O)cc1. The maximum atomic E-state index is 12.6. The number of alkyl halides is 3. The maximum absolute atomic E-state index is 12.6. The van der Waals surface area contributed by atoms with Crippen LogP contribution in [0.1, 0.15) is 17.0 Å². The second-order valence-electron chi connectivity index (χ2n) is 5.61. The van der Waals surface area contributed by atoms with Gasteiger partial charge in [0.1, 0.15) is 23.8 Å². The van der Waals surface area contributed by atoms with Crippen LogP contribution in [0.15, 0.2) is 57.8 Å². The van der Waals surface area contributed by atoms with Crippen LogP contribution in [-0.2, 0) is 23.9 Å². The van der Waals surface area contributed by atoms with Crippen LogP contribution in [0.2, 0.25) is 0 Å². The van der Waals surface area contributed by atoms with Crippen molar-refractivity contribution in [1.29, 1.82) is 0 Å². The van der Waals surface area contributed by atoms with E-state index in [-0.39, 0.29) is 17.4 Å². The van der Waals surface area contributed by atoms with Crippen LogP contribution < -0.4 is 4.74 Å². The summed E-state index contributed by atoms with van der Waals surface area (Å²) in [6.45, 7) is 1.76. The third kappa shape index (κ3) is 4.55. The van der Waals surface area contributed by atoms with Crippen LogP contribution in [0.5, 0.6) is 5.75 Å². The Bertz CT molecular complexity index is 950. The first-order chi connectivity index (χ1) is 12.7. The minimum absolute atomic E-state index is 0.0809. The lowest BCUT2D eigenvalue weighted by atomic mass is 10.1. The monoisotopic (exact) mass is 397 g/mol. The number of hydrogen-bond donors (Lipinski definition) is 1. The average molecular weight is 397 g/mol. The molecule has 0 spiro atoms. The van der Waals surface area contributed by atoms with E-state index in [9.17, 15) is 17.4 Å². The minimum Gasteiger partial charge on any atom is -0.487 e. The van der Waals surface area contributed by atoms with Crippen LogP contribution >= 0.6 is 0 Å². The van der Waals surface area contributed by atoms with Crippen LogP contribution in [0.25, 0.3) is 11.5 Å². The van der Waals surface area contributed by atoms with Crippen molar-refractivity contribution in [2.45, 2.75) is 24.6 Å². The van der Waals surface area contributed by atoms with E-state index in [2.05, 4.69) is 4.98 Å². The molecule has 3 aromatic rings. The zero-order valence-corrected chi connectivity index (χ0v) is 14.8. The lowest BCUT2D eigenvalue weighted by molar-refractivity contribution is -0.137. The summed E-state index contributed by atoms with van der Waals surface area (Å²) in [5.74, 6) is 1.16. The topological polar surface area (TPSA) is 72.6 Å². The first kappa shape index (κ1) is 19.1. The summed E-state index contributed by atoms with van der Waals surface area (Å²) in [6.07, 6.45) is -4.40. The van der Waals surface area contributed by atoms with E-state index in [1.165, 1.54) is 24.3 Å². The van der Waals surface area contributed by atoms with Gasteiger partial charge in [0.2, 0.25) is 5.89 Å². The molecular formula is C18H14F3NO4S. The molecule has 1 heterocycles. The van der Waals surface area contributed by atoms with Gasteiger partial charge in [-0.15, -0.1) is 0 Å². The van der Waals surface area contributed by atoms with Gasteiger partial charge in [-0.05, 0) is 55.5 Å². The molecule has 0 bridgehead atoms. The number of benzene rings is 2. The second kappa shape index (κ2) is 7.53. The Hall–Kier alpha value is -2.65. The van der Waals surface area contributed by atoms with Gasteiger partial charge in [-0.2, -0.15) is 13.2 Å². The molecule has 0 amide bonds. The summed E-state index contributed by atoms with van der Waals surface area (Å²) in [4.78, 5) is 4.53. The Balaban J connectivity index is 1.71. The molecule has 3 rings (SSSR count). The molecular weight excluding hydrogens is 383 g/mol. The molecule has 5 nitrogen and oxygen atoms in total. The Kier molecular flexibility index (Phi) is 5.33. The standard InChI is InChI=1S/C18H14F3NO4S/c1-11-16(10-25-14-6-8-15(9-7-14)27(23)24)22-17(26-11)12-2-4-13(5-3-12)18(19,20)21/h2-9H,10H2,1H3,(H,23,24). The largest absolute Gasteiger partial charge is 0.487 e. The number of halogens is 3. The van der Waals surface area contributed by atoms with E-state index in [1.54, 1.807) is 19.1 Å². The lowest BCUT2D eigenvalue weighted by Crippen LogP contribution is -2.04. The van der Waals surface area contributed by atoms with Gasteiger partial charge in [-0.25, -0.2) is 9.19 Å². The molecule has 0 fully saturated rings. The first-order valence-corrected chi connectivity index (χ1v) is 8.82. The molecule has 0 aliphatic heterocycles. The fourth-order valence-electron chi connectivity index (χ4n) is 2.29. The van der Waals surface area contributed by atoms with Crippen molar-refractivity contribution in [3.63, 3.8) is 0 Å². The fourth-order valence-corrected chi connectivity index (χ4v) is 2.66. The molecule has 1 aromatic heterocycles. The maximum Gasteiger partial charge on any atom is 0.416 e. The summed E-state index contributed by atoms with van der Waals surface area (Å²) >= 11 is -2.06. The summed E-state index contributed by atoms with van der Waals surface area (Å²) in [7, 11) is 0. The van der Waals surface area contributed by atoms with Gasteiger partial charge in [0.15, 0.2) is 11.1 Å². The van der Waals surface area contributed by atoms with Crippen molar-refractivity contribution in [2.75, 3.05) is 0 Å². The Labute approximate surface area is 155 Å². The zero-order chi connectivity index (χ0) is 19.6. The summed E-state index contributed by atoms with van der Waals surface area (Å²) < 4.78 is 68.9. The lowest BCUT2D eigenvalue weighted by Gasteiger charge is -2.06. The van der Waals surface area contributed by atoms with Crippen LogP contribution in [0.4, 0.5) is 13.2 Å². The predicted molar refractivity (Wildman–Crippen MR) is 91.5 cm³/mol. The molecule has 1 N–H and O–H groups in total. The van der Waals surface area contributed by atoms with E-state index in [4.69, 9.17) is 13.7 Å². The molecule has 0 saturated heterocycles. The number of oxazole rings is 1. The van der Waals surface area contributed by atoms with Crippen LogP contribution in [-0.4, -0.2) is 13.7 Å². The highest BCUT2D eigenvalue weighted by Crippen LogP contribution is 2.31. The molecule has 1 atom stereocenters. The van der Waals surface area contributed by atoms with Crippen molar-refractivity contribution in [2.24, 2.45) is 0 Å². The molecule has 142 valence electrons. The number of ether oxygens (including phenoxy) is 1. The van der Waals surface area contributed by atoms with E-state index in [0.717, 1.165) is 12.1 Å². The summed E-state index contributed by atoms with van der Waals surface area (Å²) in [6, 6.07) is 10.6. The molecule has 9 heteroatoms. The van der Waals surface area contributed by atoms with Crippen molar-refractivity contribution in [3.8, 4) is 17.2 Å². The minimum atomic E-state index is -4.40. The Morgan fingerprint density at radius 3 is 2.30 bits per heavy atom. The summed E-state index contributed by atoms with van der Waals surface area (Å²) in [5.41, 5.74) is 0.178. The zero-order valence-electron chi connectivity index (χ0n) is 14.0. The third-order valence-corrected chi connectivity index (χ3v) is 4.43. The first-order valence-electron chi connectivity index (χ1n) is 7.71. The molecule has 0 aliphatic rings. The van der Waals surface area contributed by atoms with Gasteiger partial charge in [0.25, 0.3) is 0 Å². The van der Waals surface area contributed by atoms with E-state index in [1.807, 2.05) is 0 Å². The normalized spacial score (nSPS) is 12.8. The van der Waals surface area contributed by atoms with Crippen molar-refractivity contribution < 1.29 is 31.1 Å². The van der Waals surface area contributed by atoms with Crippen molar-refractivity contribution in [1.82, 2.24) is 4.98 Å². The number of aryl methyl sites for hydroxylation is 1. The van der Waals surface area contributed by atoms with Crippen molar-refractivity contribution >= 4 is 11.1 Å². The fraction of sp³-hybridized carbons (Fsp3) is 0.167. The van der Waals surface area contributed by atoms with Crippen molar-refractivity contribution in [3.05, 3.63) is 65.5 Å². The second-order valence-corrected chi connectivity index (χ2v) is 6.58. The number of nitrogens with zero attached hydrogens (tertiary/aromatic N) is 1. The predicted octanol–water partition coefficient (Wildman–Crippen LogP) is 4.83. The molecule has 27 heavy (non-hydrogen) atoms. The van der Waals surface area contributed by atoms with Crippen LogP contribution in [0, 0.1) is 6.92 Å².